The maximum absolute atomic E-state index is 11.9. The average molecular weight is 340 g/mol. The Morgan fingerprint density at radius 2 is 2.09 bits per heavy atom. The van der Waals surface area contributed by atoms with Crippen LogP contribution in [0.5, 0.6) is 5.75 Å². The number of ether oxygens (including phenoxy) is 1. The summed E-state index contributed by atoms with van der Waals surface area (Å²) < 4.78 is 5.78. The van der Waals surface area contributed by atoms with Gasteiger partial charge in [-0.05, 0) is 36.6 Å². The lowest BCUT2D eigenvalue weighted by Crippen LogP contribution is -2.17. The molecule has 126 valence electrons. The first-order chi connectivity index (χ1) is 11.1. The van der Waals surface area contributed by atoms with Crippen LogP contribution in [0.3, 0.4) is 0 Å². The first kappa shape index (κ1) is 17.7. The van der Waals surface area contributed by atoms with Gasteiger partial charge in [0, 0.05) is 30.5 Å². The third-order valence-electron chi connectivity index (χ3n) is 3.83. The topological polar surface area (TPSA) is 87.8 Å². The smallest absolute Gasteiger partial charge is 0.263 e. The highest BCUT2D eigenvalue weighted by atomic mass is 35.5. The van der Waals surface area contributed by atoms with Gasteiger partial charge in [-0.1, -0.05) is 30.9 Å². The van der Waals surface area contributed by atoms with E-state index in [1.54, 1.807) is 0 Å². The lowest BCUT2D eigenvalue weighted by molar-refractivity contribution is -0.398. The van der Waals surface area contributed by atoms with E-state index in [-0.39, 0.29) is 10.6 Å². The molecule has 0 aromatic heterocycles. The van der Waals surface area contributed by atoms with Crippen molar-refractivity contribution in [3.05, 3.63) is 32.8 Å². The van der Waals surface area contributed by atoms with Gasteiger partial charge in [0.15, 0.2) is 0 Å². The van der Waals surface area contributed by atoms with Crippen molar-refractivity contribution in [3.8, 4) is 5.75 Å². The van der Waals surface area contributed by atoms with Crippen molar-refractivity contribution in [2.45, 2.75) is 44.6 Å². The summed E-state index contributed by atoms with van der Waals surface area (Å²) in [4.78, 5) is 14.2. The summed E-state index contributed by atoms with van der Waals surface area (Å²) in [7, 11) is 0. The highest BCUT2D eigenvalue weighted by Crippen LogP contribution is 2.30. The number of nitro benzene ring substituents is 1. The first-order valence-corrected chi connectivity index (χ1v) is 8.22. The second kappa shape index (κ2) is 8.84. The minimum Gasteiger partial charge on any atom is -0.867 e. The largest absolute Gasteiger partial charge is 0.867 e. The van der Waals surface area contributed by atoms with Crippen LogP contribution < -0.4 is 5.11 Å². The minimum atomic E-state index is -0.733. The molecule has 0 spiro atoms. The number of aliphatic imine (C=N–C) groups is 1. The summed E-state index contributed by atoms with van der Waals surface area (Å²) >= 11 is 5.79. The predicted molar refractivity (Wildman–Crippen MR) is 87.5 cm³/mol. The number of rotatable bonds is 7. The van der Waals surface area contributed by atoms with Gasteiger partial charge in [0.2, 0.25) is 0 Å². The Balaban J connectivity index is 1.80. The monoisotopic (exact) mass is 339 g/mol. The molecule has 1 aromatic carbocycles. The number of hydrogen-bond acceptors (Lipinski definition) is 5. The fraction of sp³-hybridized carbons (Fsp3) is 0.562. The van der Waals surface area contributed by atoms with Crippen LogP contribution in [-0.4, -0.2) is 30.4 Å². The summed E-state index contributed by atoms with van der Waals surface area (Å²) in [6.45, 7) is 1.15. The molecule has 0 aliphatic heterocycles. The fourth-order valence-electron chi connectivity index (χ4n) is 2.63. The Kier molecular flexibility index (Phi) is 6.80. The predicted octanol–water partition coefficient (Wildman–Crippen LogP) is 3.48. The van der Waals surface area contributed by atoms with Crippen LogP contribution in [-0.2, 0) is 4.74 Å². The lowest BCUT2D eigenvalue weighted by atomic mass is 9.98. The van der Waals surface area contributed by atoms with Crippen LogP contribution in [0, 0.1) is 10.1 Å². The number of benzene rings is 1. The van der Waals surface area contributed by atoms with Crippen molar-refractivity contribution < 1.29 is 14.8 Å². The second-order valence-corrected chi connectivity index (χ2v) is 6.06. The van der Waals surface area contributed by atoms with E-state index in [1.165, 1.54) is 31.5 Å². The van der Waals surface area contributed by atoms with E-state index in [0.717, 1.165) is 25.3 Å². The third kappa shape index (κ3) is 5.48. The van der Waals surface area contributed by atoms with Crippen molar-refractivity contribution >= 4 is 23.5 Å². The molecule has 0 N–H and O–H groups in total. The van der Waals surface area contributed by atoms with Gasteiger partial charge < -0.3 is 9.84 Å². The van der Waals surface area contributed by atoms with Crippen molar-refractivity contribution in [1.82, 2.24) is 0 Å². The minimum absolute atomic E-state index is 0.136. The number of halogens is 1. The summed E-state index contributed by atoms with van der Waals surface area (Å²) in [5.41, 5.74) is -0.392. The van der Waals surface area contributed by atoms with E-state index in [0.29, 0.717) is 19.3 Å². The van der Waals surface area contributed by atoms with E-state index < -0.39 is 16.4 Å². The Bertz CT molecular complexity index is 571. The fourth-order valence-corrected chi connectivity index (χ4v) is 2.85. The number of nitro groups is 1. The molecule has 1 fully saturated rings. The van der Waals surface area contributed by atoms with Crippen LogP contribution in [0.15, 0.2) is 17.1 Å². The molecular formula is C16H20ClN2O4-. The molecule has 2 rings (SSSR count). The van der Waals surface area contributed by atoms with Crippen LogP contribution in [0.1, 0.15) is 44.1 Å². The molecule has 1 aromatic rings. The molecule has 1 saturated carbocycles. The van der Waals surface area contributed by atoms with Gasteiger partial charge in [0.25, 0.3) is 5.69 Å². The maximum Gasteiger partial charge on any atom is 0.263 e. The molecular weight excluding hydrogens is 320 g/mol. The van der Waals surface area contributed by atoms with Crippen LogP contribution in [0.4, 0.5) is 5.69 Å². The van der Waals surface area contributed by atoms with Crippen molar-refractivity contribution in [2.24, 2.45) is 4.99 Å². The lowest BCUT2D eigenvalue weighted by Gasteiger charge is -2.21. The van der Waals surface area contributed by atoms with Gasteiger partial charge in [-0.3, -0.25) is 15.1 Å². The summed E-state index contributed by atoms with van der Waals surface area (Å²) in [6, 6.07) is 2.44. The van der Waals surface area contributed by atoms with Crippen molar-refractivity contribution in [3.63, 3.8) is 0 Å². The van der Waals surface area contributed by atoms with Gasteiger partial charge in [-0.15, -0.1) is 0 Å². The quantitative estimate of drug-likeness (QED) is 0.329. The van der Waals surface area contributed by atoms with Crippen molar-refractivity contribution in [2.75, 3.05) is 13.2 Å². The molecule has 0 bridgehead atoms. The molecule has 23 heavy (non-hydrogen) atoms. The SMILES string of the molecule is O=[N+]([O-])c1cc(Cl)cc(C=NCCCOC2CCCCC2)c1[O-]. The summed E-state index contributed by atoms with van der Waals surface area (Å²) in [5.74, 6) is -0.665. The molecule has 6 nitrogen and oxygen atoms in total. The van der Waals surface area contributed by atoms with E-state index in [2.05, 4.69) is 4.99 Å². The molecule has 0 unspecified atom stereocenters. The normalized spacial score (nSPS) is 16.0. The van der Waals surface area contributed by atoms with Crippen LogP contribution >= 0.6 is 11.6 Å². The molecule has 1 aliphatic carbocycles. The highest BCUT2D eigenvalue weighted by molar-refractivity contribution is 6.31. The molecule has 0 heterocycles. The molecule has 0 saturated heterocycles. The molecule has 0 amide bonds. The summed E-state index contributed by atoms with van der Waals surface area (Å²) in [5, 5.41) is 22.8. The van der Waals surface area contributed by atoms with E-state index in [4.69, 9.17) is 16.3 Å². The average Bonchev–Trinajstić information content (AvgIpc) is 2.54. The Morgan fingerprint density at radius 3 is 2.78 bits per heavy atom. The van der Waals surface area contributed by atoms with Gasteiger partial charge in [0.1, 0.15) is 0 Å². The zero-order chi connectivity index (χ0) is 16.7. The Labute approximate surface area is 140 Å². The second-order valence-electron chi connectivity index (χ2n) is 5.62. The third-order valence-corrected chi connectivity index (χ3v) is 4.05. The van der Waals surface area contributed by atoms with E-state index in [9.17, 15) is 15.2 Å². The van der Waals surface area contributed by atoms with Gasteiger partial charge in [-0.2, -0.15) is 0 Å². The number of hydrogen-bond donors (Lipinski definition) is 0. The zero-order valence-electron chi connectivity index (χ0n) is 12.9. The van der Waals surface area contributed by atoms with Gasteiger partial charge >= 0.3 is 0 Å². The number of nitrogens with zero attached hydrogens (tertiary/aromatic N) is 2. The van der Waals surface area contributed by atoms with Gasteiger partial charge in [0.05, 0.1) is 11.0 Å². The maximum atomic E-state index is 11.9. The van der Waals surface area contributed by atoms with Gasteiger partial charge in [-0.25, -0.2) is 0 Å². The van der Waals surface area contributed by atoms with E-state index in [1.807, 2.05) is 0 Å². The zero-order valence-corrected chi connectivity index (χ0v) is 13.6. The molecule has 7 heteroatoms. The van der Waals surface area contributed by atoms with Crippen LogP contribution in [0.2, 0.25) is 5.02 Å². The first-order valence-electron chi connectivity index (χ1n) is 7.84. The molecule has 1 aliphatic rings. The summed E-state index contributed by atoms with van der Waals surface area (Å²) in [6.07, 6.45) is 8.52. The van der Waals surface area contributed by atoms with Crippen molar-refractivity contribution in [1.29, 1.82) is 0 Å². The van der Waals surface area contributed by atoms with E-state index >= 15 is 0 Å². The Morgan fingerprint density at radius 1 is 1.35 bits per heavy atom. The molecule has 0 atom stereocenters. The van der Waals surface area contributed by atoms with Crippen LogP contribution in [0.25, 0.3) is 0 Å². The highest BCUT2D eigenvalue weighted by Gasteiger charge is 2.13. The molecule has 0 radical (unpaired) electrons. The Hall–Kier alpha value is -1.66. The standard InChI is InChI=1S/C16H21ClN2O4/c17-13-9-12(16(20)15(10-13)19(21)22)11-18-7-4-8-23-14-5-2-1-3-6-14/h9-11,14,20H,1-8H2/p-1.